The van der Waals surface area contributed by atoms with Crippen molar-refractivity contribution in [3.8, 4) is 0 Å². The van der Waals surface area contributed by atoms with Gasteiger partial charge in [0.05, 0.1) is 24.8 Å². The van der Waals surface area contributed by atoms with Crippen LogP contribution in [0.25, 0.3) is 0 Å². The fraction of sp³-hybridized carbons (Fsp3) is 0.565. The molecule has 0 aliphatic carbocycles. The summed E-state index contributed by atoms with van der Waals surface area (Å²) in [5, 5.41) is 11.3. The number of hydrogen-bond acceptors (Lipinski definition) is 4. The zero-order valence-electron chi connectivity index (χ0n) is 19.3. The van der Waals surface area contributed by atoms with E-state index in [0.717, 1.165) is 38.7 Å². The topological polar surface area (TPSA) is 60.7 Å². The van der Waals surface area contributed by atoms with Gasteiger partial charge in [0.15, 0.2) is 5.96 Å². The monoisotopic (exact) mass is 539 g/mol. The van der Waals surface area contributed by atoms with Gasteiger partial charge in [-0.15, -0.1) is 24.0 Å². The van der Waals surface area contributed by atoms with Gasteiger partial charge in [0.1, 0.15) is 0 Å². The Kier molecular flexibility index (Phi) is 10.8. The van der Waals surface area contributed by atoms with E-state index in [1.807, 2.05) is 17.9 Å². The molecule has 2 heterocycles. The molecule has 1 aromatic carbocycles. The number of likely N-dealkylation sites (N-methyl/N-ethyl adjacent to an activating group) is 1. The summed E-state index contributed by atoms with van der Waals surface area (Å²) >= 11 is 0. The van der Waals surface area contributed by atoms with E-state index in [1.165, 1.54) is 24.0 Å². The normalized spacial score (nSPS) is 16.7. The predicted molar refractivity (Wildman–Crippen MR) is 139 cm³/mol. The zero-order valence-corrected chi connectivity index (χ0v) is 21.6. The van der Waals surface area contributed by atoms with Crippen molar-refractivity contribution in [3.63, 3.8) is 0 Å². The molecule has 7 nitrogen and oxygen atoms in total. The molecule has 1 aliphatic rings. The first-order valence-electron chi connectivity index (χ1n) is 11.0. The molecule has 0 saturated carbocycles. The number of guanidine groups is 1. The first-order valence-corrected chi connectivity index (χ1v) is 11.0. The molecule has 1 saturated heterocycles. The summed E-state index contributed by atoms with van der Waals surface area (Å²) in [6, 6.07) is 11.3. The number of hydrogen-bond donors (Lipinski definition) is 2. The largest absolute Gasteiger partial charge is 0.357 e. The molecule has 0 amide bonds. The van der Waals surface area contributed by atoms with Crippen molar-refractivity contribution in [2.45, 2.75) is 31.8 Å². The van der Waals surface area contributed by atoms with Gasteiger partial charge in [0, 0.05) is 31.9 Å². The van der Waals surface area contributed by atoms with Gasteiger partial charge < -0.3 is 15.5 Å². The average molecular weight is 540 g/mol. The molecular formula is C23H38IN7. The third-order valence-corrected chi connectivity index (χ3v) is 5.73. The molecule has 1 aromatic heterocycles. The van der Waals surface area contributed by atoms with Crippen LogP contribution in [0.3, 0.4) is 0 Å². The minimum absolute atomic E-state index is 0. The third-order valence-electron chi connectivity index (χ3n) is 5.73. The van der Waals surface area contributed by atoms with Crippen molar-refractivity contribution in [2.75, 3.05) is 46.8 Å². The van der Waals surface area contributed by atoms with E-state index in [0.29, 0.717) is 6.04 Å². The van der Waals surface area contributed by atoms with Crippen LogP contribution in [0, 0.1) is 0 Å². The highest BCUT2D eigenvalue weighted by molar-refractivity contribution is 14.0. The van der Waals surface area contributed by atoms with Crippen LogP contribution in [-0.4, -0.2) is 72.4 Å². The first-order chi connectivity index (χ1) is 14.6. The van der Waals surface area contributed by atoms with Crippen molar-refractivity contribution in [1.29, 1.82) is 0 Å². The van der Waals surface area contributed by atoms with E-state index in [9.17, 15) is 0 Å². The zero-order chi connectivity index (χ0) is 21.3. The number of halogens is 1. The van der Waals surface area contributed by atoms with Crippen LogP contribution in [-0.2, 0) is 7.05 Å². The number of aromatic nitrogens is 2. The molecule has 1 aliphatic heterocycles. The summed E-state index contributed by atoms with van der Waals surface area (Å²) in [6.45, 7) is 6.77. The van der Waals surface area contributed by atoms with Gasteiger partial charge in [-0.25, -0.2) is 0 Å². The van der Waals surface area contributed by atoms with Gasteiger partial charge >= 0.3 is 0 Å². The fourth-order valence-corrected chi connectivity index (χ4v) is 4.08. The van der Waals surface area contributed by atoms with Crippen LogP contribution >= 0.6 is 24.0 Å². The lowest BCUT2D eigenvalue weighted by atomic mass is 10.1. The minimum Gasteiger partial charge on any atom is -0.357 e. The molecule has 2 unspecified atom stereocenters. The number of rotatable bonds is 9. The molecule has 0 spiro atoms. The SMILES string of the molecule is CCNC(=NCC(c1ccccc1)N1CCCC1)NCC(c1cnn(C)c1)N(C)C.I. The van der Waals surface area contributed by atoms with Crippen LogP contribution in [0.1, 0.15) is 43.0 Å². The molecule has 3 rings (SSSR count). The maximum absolute atomic E-state index is 4.98. The molecular weight excluding hydrogens is 501 g/mol. The Morgan fingerprint density at radius 2 is 1.84 bits per heavy atom. The Labute approximate surface area is 204 Å². The first kappa shape index (κ1) is 25.6. The second-order valence-electron chi connectivity index (χ2n) is 8.20. The Morgan fingerprint density at radius 1 is 1.13 bits per heavy atom. The molecule has 2 N–H and O–H groups in total. The molecule has 8 heteroatoms. The number of aliphatic imine (C=N–C) groups is 1. The average Bonchev–Trinajstić information content (AvgIpc) is 3.41. The molecule has 2 atom stereocenters. The van der Waals surface area contributed by atoms with Crippen LogP contribution in [0.5, 0.6) is 0 Å². The molecule has 2 aromatic rings. The lowest BCUT2D eigenvalue weighted by molar-refractivity contribution is 0.251. The molecule has 0 bridgehead atoms. The summed E-state index contributed by atoms with van der Waals surface area (Å²) in [7, 11) is 6.15. The number of likely N-dealkylation sites (tertiary alicyclic amines) is 1. The van der Waals surface area contributed by atoms with Gasteiger partial charge in [-0.05, 0) is 52.5 Å². The number of benzene rings is 1. The van der Waals surface area contributed by atoms with E-state index >= 15 is 0 Å². The minimum atomic E-state index is 0. The van der Waals surface area contributed by atoms with Crippen molar-refractivity contribution < 1.29 is 0 Å². The second kappa shape index (κ2) is 13.0. The van der Waals surface area contributed by atoms with Crippen LogP contribution in [0.4, 0.5) is 0 Å². The van der Waals surface area contributed by atoms with E-state index in [4.69, 9.17) is 4.99 Å². The number of nitrogens with one attached hydrogen (secondary N) is 2. The van der Waals surface area contributed by atoms with Gasteiger partial charge in [0.2, 0.25) is 0 Å². The van der Waals surface area contributed by atoms with E-state index in [2.05, 4.69) is 83.1 Å². The Balaban J connectivity index is 0.00000341. The molecule has 172 valence electrons. The van der Waals surface area contributed by atoms with Gasteiger partial charge in [-0.3, -0.25) is 14.6 Å². The highest BCUT2D eigenvalue weighted by Gasteiger charge is 2.23. The summed E-state index contributed by atoms with van der Waals surface area (Å²) in [6.07, 6.45) is 6.58. The van der Waals surface area contributed by atoms with Crippen molar-refractivity contribution in [3.05, 3.63) is 53.9 Å². The van der Waals surface area contributed by atoms with Gasteiger partial charge in [-0.1, -0.05) is 30.3 Å². The summed E-state index contributed by atoms with van der Waals surface area (Å²) in [4.78, 5) is 9.76. The van der Waals surface area contributed by atoms with Crippen LogP contribution in [0.2, 0.25) is 0 Å². The predicted octanol–water partition coefficient (Wildman–Crippen LogP) is 3.03. The second-order valence-corrected chi connectivity index (χ2v) is 8.20. The van der Waals surface area contributed by atoms with Crippen molar-refractivity contribution >= 4 is 29.9 Å². The Bertz CT molecular complexity index is 784. The van der Waals surface area contributed by atoms with Crippen molar-refractivity contribution in [2.24, 2.45) is 12.0 Å². The summed E-state index contributed by atoms with van der Waals surface area (Å²) < 4.78 is 1.85. The highest BCUT2D eigenvalue weighted by atomic mass is 127. The summed E-state index contributed by atoms with van der Waals surface area (Å²) in [5.41, 5.74) is 2.55. The quantitative estimate of drug-likeness (QED) is 0.292. The van der Waals surface area contributed by atoms with Crippen LogP contribution in [0.15, 0.2) is 47.7 Å². The maximum Gasteiger partial charge on any atom is 0.191 e. The van der Waals surface area contributed by atoms with Crippen LogP contribution < -0.4 is 10.6 Å². The maximum atomic E-state index is 4.98. The number of aryl methyl sites for hydroxylation is 1. The Hall–Kier alpha value is -1.65. The molecule has 1 fully saturated rings. The standard InChI is InChI=1S/C23H37N7.HI/c1-5-24-23(25-16-21(28(2)3)20-15-27-29(4)18-20)26-17-22(30-13-9-10-14-30)19-11-7-6-8-12-19;/h6-8,11-12,15,18,21-22H,5,9-10,13-14,16-17H2,1-4H3,(H2,24,25,26);1H. The number of nitrogens with zero attached hydrogens (tertiary/aromatic N) is 5. The fourth-order valence-electron chi connectivity index (χ4n) is 4.08. The Morgan fingerprint density at radius 3 is 2.42 bits per heavy atom. The van der Waals surface area contributed by atoms with Gasteiger partial charge in [-0.2, -0.15) is 5.10 Å². The van der Waals surface area contributed by atoms with E-state index < -0.39 is 0 Å². The summed E-state index contributed by atoms with van der Waals surface area (Å²) in [5.74, 6) is 0.869. The van der Waals surface area contributed by atoms with Gasteiger partial charge in [0.25, 0.3) is 0 Å². The lowest BCUT2D eigenvalue weighted by Crippen LogP contribution is -2.42. The lowest BCUT2D eigenvalue weighted by Gasteiger charge is -2.27. The molecule has 31 heavy (non-hydrogen) atoms. The van der Waals surface area contributed by atoms with E-state index in [1.54, 1.807) is 0 Å². The van der Waals surface area contributed by atoms with Crippen molar-refractivity contribution in [1.82, 2.24) is 30.2 Å². The smallest absolute Gasteiger partial charge is 0.191 e. The molecule has 0 radical (unpaired) electrons. The van der Waals surface area contributed by atoms with E-state index in [-0.39, 0.29) is 30.0 Å². The highest BCUT2D eigenvalue weighted by Crippen LogP contribution is 2.25. The third kappa shape index (κ3) is 7.47.